The van der Waals surface area contributed by atoms with E-state index in [2.05, 4.69) is 72.0 Å². The van der Waals surface area contributed by atoms with Crippen molar-refractivity contribution in [1.29, 1.82) is 0 Å². The van der Waals surface area contributed by atoms with Gasteiger partial charge in [0.1, 0.15) is 0 Å². The van der Waals surface area contributed by atoms with Crippen molar-refractivity contribution in [1.82, 2.24) is 20.1 Å². The Hall–Kier alpha value is -2.60. The van der Waals surface area contributed by atoms with E-state index in [4.69, 9.17) is 0 Å². The third-order valence-electron chi connectivity index (χ3n) is 5.00. The van der Waals surface area contributed by atoms with E-state index in [0.29, 0.717) is 6.54 Å². The Bertz CT molecular complexity index is 975. The molecule has 0 saturated carbocycles. The molecule has 0 aliphatic carbocycles. The summed E-state index contributed by atoms with van der Waals surface area (Å²) in [4.78, 5) is 12.5. The van der Waals surface area contributed by atoms with Crippen LogP contribution in [0.2, 0.25) is 0 Å². The molecule has 1 aromatic heterocycles. The first-order valence-electron chi connectivity index (χ1n) is 10.3. The molecule has 0 aliphatic rings. The molecule has 2 aromatic carbocycles. The van der Waals surface area contributed by atoms with Crippen LogP contribution in [0.15, 0.2) is 59.8 Å². The fourth-order valence-electron chi connectivity index (χ4n) is 3.13. The third kappa shape index (κ3) is 5.30. The van der Waals surface area contributed by atoms with Gasteiger partial charge in [0.05, 0.1) is 5.25 Å². The normalized spacial score (nSPS) is 12.6. The molecule has 3 rings (SSSR count). The second kappa shape index (κ2) is 9.47. The molecule has 3 aromatic rings. The van der Waals surface area contributed by atoms with Gasteiger partial charge in [0.25, 0.3) is 0 Å². The molecule has 1 unspecified atom stereocenters. The van der Waals surface area contributed by atoms with Crippen LogP contribution in [0.3, 0.4) is 0 Å². The van der Waals surface area contributed by atoms with Gasteiger partial charge in [0, 0.05) is 18.7 Å². The Labute approximate surface area is 183 Å². The van der Waals surface area contributed by atoms with E-state index in [9.17, 15) is 4.79 Å². The van der Waals surface area contributed by atoms with Gasteiger partial charge in [-0.25, -0.2) is 0 Å². The maximum Gasteiger partial charge on any atom is 0.233 e. The van der Waals surface area contributed by atoms with Crippen LogP contribution in [-0.2, 0) is 23.3 Å². The van der Waals surface area contributed by atoms with Gasteiger partial charge in [0.15, 0.2) is 11.0 Å². The number of rotatable bonds is 7. The Morgan fingerprint density at radius 2 is 1.73 bits per heavy atom. The molecule has 0 bridgehead atoms. The Morgan fingerprint density at radius 3 is 2.33 bits per heavy atom. The molecule has 158 valence electrons. The number of amides is 1. The number of carbonyl (C=O) groups excluding carboxylic acids is 1. The summed E-state index contributed by atoms with van der Waals surface area (Å²) in [5.41, 5.74) is 3.51. The maximum absolute atomic E-state index is 12.5. The highest BCUT2D eigenvalue weighted by Crippen LogP contribution is 2.29. The number of carbonyl (C=O) groups is 1. The molecular weight excluding hydrogens is 392 g/mol. The molecule has 0 saturated heterocycles. The van der Waals surface area contributed by atoms with E-state index in [1.165, 1.54) is 17.3 Å². The van der Waals surface area contributed by atoms with Gasteiger partial charge in [-0.3, -0.25) is 4.79 Å². The second-order valence-electron chi connectivity index (χ2n) is 8.34. The minimum Gasteiger partial charge on any atom is -0.351 e. The van der Waals surface area contributed by atoms with Gasteiger partial charge in [-0.1, -0.05) is 87.1 Å². The second-order valence-corrected chi connectivity index (χ2v) is 9.65. The molecule has 6 heteroatoms. The average molecular weight is 423 g/mol. The molecule has 1 heterocycles. The minimum absolute atomic E-state index is 0.00872. The highest BCUT2D eigenvalue weighted by atomic mass is 32.2. The summed E-state index contributed by atoms with van der Waals surface area (Å²) in [5.74, 6) is 0.822. The summed E-state index contributed by atoms with van der Waals surface area (Å²) in [5, 5.41) is 12.3. The van der Waals surface area contributed by atoms with Crippen LogP contribution in [0.4, 0.5) is 0 Å². The SMILES string of the molecule is CCn1c(SC(C)C(=O)NCc2ccccc2)nnc1-c1ccc(C(C)(C)C)cc1. The Kier molecular flexibility index (Phi) is 6.98. The number of nitrogens with one attached hydrogen (secondary N) is 1. The zero-order valence-electron chi connectivity index (χ0n) is 18.3. The molecule has 0 aliphatic heterocycles. The van der Waals surface area contributed by atoms with Crippen molar-refractivity contribution < 1.29 is 4.79 Å². The molecular formula is C24H30N4OS. The molecule has 1 amide bonds. The number of hydrogen-bond acceptors (Lipinski definition) is 4. The molecule has 1 N–H and O–H groups in total. The molecule has 30 heavy (non-hydrogen) atoms. The highest BCUT2D eigenvalue weighted by molar-refractivity contribution is 8.00. The number of nitrogens with zero attached hydrogens (tertiary/aromatic N) is 3. The van der Waals surface area contributed by atoms with Crippen molar-refractivity contribution in [3.63, 3.8) is 0 Å². The summed E-state index contributed by atoms with van der Waals surface area (Å²) in [6, 6.07) is 18.4. The minimum atomic E-state index is -0.265. The predicted molar refractivity (Wildman–Crippen MR) is 123 cm³/mol. The Morgan fingerprint density at radius 1 is 1.07 bits per heavy atom. The van der Waals surface area contributed by atoms with Crippen molar-refractivity contribution in [2.24, 2.45) is 0 Å². The zero-order valence-corrected chi connectivity index (χ0v) is 19.2. The van der Waals surface area contributed by atoms with Crippen molar-refractivity contribution in [2.75, 3.05) is 0 Å². The van der Waals surface area contributed by atoms with Crippen LogP contribution >= 0.6 is 11.8 Å². The number of thioether (sulfide) groups is 1. The summed E-state index contributed by atoms with van der Waals surface area (Å²) in [6.07, 6.45) is 0. The summed E-state index contributed by atoms with van der Waals surface area (Å²) in [7, 11) is 0. The van der Waals surface area contributed by atoms with E-state index in [1.807, 2.05) is 37.3 Å². The molecule has 5 nitrogen and oxygen atoms in total. The van der Waals surface area contributed by atoms with Crippen LogP contribution in [0.1, 0.15) is 45.7 Å². The van der Waals surface area contributed by atoms with Gasteiger partial charge in [0.2, 0.25) is 5.91 Å². The summed E-state index contributed by atoms with van der Waals surface area (Å²) < 4.78 is 2.07. The number of benzene rings is 2. The fraction of sp³-hybridized carbons (Fsp3) is 0.375. The van der Waals surface area contributed by atoms with Gasteiger partial charge in [-0.15, -0.1) is 10.2 Å². The first-order chi connectivity index (χ1) is 14.3. The predicted octanol–water partition coefficient (Wildman–Crippen LogP) is 5.06. The lowest BCUT2D eigenvalue weighted by Gasteiger charge is -2.19. The number of aromatic nitrogens is 3. The fourth-order valence-corrected chi connectivity index (χ4v) is 4.07. The largest absolute Gasteiger partial charge is 0.351 e. The van der Waals surface area contributed by atoms with Crippen molar-refractivity contribution in [3.8, 4) is 11.4 Å². The van der Waals surface area contributed by atoms with Crippen molar-refractivity contribution in [2.45, 2.75) is 63.5 Å². The van der Waals surface area contributed by atoms with Crippen LogP contribution < -0.4 is 5.32 Å². The lowest BCUT2D eigenvalue weighted by Crippen LogP contribution is -2.30. The molecule has 0 radical (unpaired) electrons. The lowest BCUT2D eigenvalue weighted by atomic mass is 9.87. The lowest BCUT2D eigenvalue weighted by molar-refractivity contribution is -0.120. The quantitative estimate of drug-likeness (QED) is 0.541. The van der Waals surface area contributed by atoms with Crippen LogP contribution in [0.25, 0.3) is 11.4 Å². The van der Waals surface area contributed by atoms with E-state index in [1.54, 1.807) is 0 Å². The standard InChI is InChI=1S/C24H30N4OS/c1-6-28-21(19-12-14-20(15-13-19)24(3,4)5)26-27-23(28)30-17(2)22(29)25-16-18-10-8-7-9-11-18/h7-15,17H,6,16H2,1-5H3,(H,25,29). The van der Waals surface area contributed by atoms with Crippen LogP contribution in [-0.4, -0.2) is 25.9 Å². The topological polar surface area (TPSA) is 59.8 Å². The summed E-state index contributed by atoms with van der Waals surface area (Å²) in [6.45, 7) is 11.8. The summed E-state index contributed by atoms with van der Waals surface area (Å²) >= 11 is 1.44. The van der Waals surface area contributed by atoms with Gasteiger partial charge >= 0.3 is 0 Å². The van der Waals surface area contributed by atoms with E-state index in [0.717, 1.165) is 28.7 Å². The van der Waals surface area contributed by atoms with Crippen LogP contribution in [0, 0.1) is 0 Å². The van der Waals surface area contributed by atoms with E-state index >= 15 is 0 Å². The molecule has 0 fully saturated rings. The van der Waals surface area contributed by atoms with E-state index in [-0.39, 0.29) is 16.6 Å². The van der Waals surface area contributed by atoms with Gasteiger partial charge < -0.3 is 9.88 Å². The first kappa shape index (κ1) is 22.1. The van der Waals surface area contributed by atoms with Crippen molar-refractivity contribution in [3.05, 3.63) is 65.7 Å². The van der Waals surface area contributed by atoms with Gasteiger partial charge in [-0.2, -0.15) is 0 Å². The van der Waals surface area contributed by atoms with Crippen molar-refractivity contribution >= 4 is 17.7 Å². The Balaban J connectivity index is 1.70. The maximum atomic E-state index is 12.5. The zero-order chi connectivity index (χ0) is 21.7. The monoisotopic (exact) mass is 422 g/mol. The first-order valence-corrected chi connectivity index (χ1v) is 11.2. The third-order valence-corrected chi connectivity index (χ3v) is 6.08. The van der Waals surface area contributed by atoms with E-state index < -0.39 is 0 Å². The molecule has 0 spiro atoms. The van der Waals surface area contributed by atoms with Gasteiger partial charge in [-0.05, 0) is 30.4 Å². The average Bonchev–Trinajstić information content (AvgIpc) is 3.14. The number of hydrogen-bond donors (Lipinski definition) is 1. The smallest absolute Gasteiger partial charge is 0.233 e. The highest BCUT2D eigenvalue weighted by Gasteiger charge is 2.21. The van der Waals surface area contributed by atoms with Crippen LogP contribution in [0.5, 0.6) is 0 Å². The molecule has 1 atom stereocenters.